The van der Waals surface area contributed by atoms with Crippen molar-refractivity contribution in [1.29, 1.82) is 5.41 Å². The second kappa shape index (κ2) is 5.94. The molecular formula is C7H18N4O2S. The fourth-order valence-corrected chi connectivity index (χ4v) is 2.06. The number of amidine groups is 1. The Morgan fingerprint density at radius 2 is 2.07 bits per heavy atom. The van der Waals surface area contributed by atoms with Gasteiger partial charge in [0.2, 0.25) is 0 Å². The van der Waals surface area contributed by atoms with E-state index in [1.807, 2.05) is 6.92 Å². The Labute approximate surface area is 85.0 Å². The summed E-state index contributed by atoms with van der Waals surface area (Å²) in [7, 11) is -3.52. The van der Waals surface area contributed by atoms with Gasteiger partial charge in [-0.25, -0.2) is 4.72 Å². The normalized spacial score (nSPS) is 13.9. The molecule has 0 aliphatic carbocycles. The van der Waals surface area contributed by atoms with Crippen LogP contribution in [0.15, 0.2) is 0 Å². The van der Waals surface area contributed by atoms with E-state index in [-0.39, 0.29) is 5.84 Å². The van der Waals surface area contributed by atoms with Crippen LogP contribution in [0, 0.1) is 5.41 Å². The molecule has 5 N–H and O–H groups in total. The molecule has 0 saturated carbocycles. The molecule has 84 valence electrons. The zero-order chi connectivity index (χ0) is 11.2. The van der Waals surface area contributed by atoms with Crippen LogP contribution in [0.4, 0.5) is 0 Å². The average Bonchev–Trinajstić information content (AvgIpc) is 2.10. The molecule has 0 aliphatic rings. The third-order valence-electron chi connectivity index (χ3n) is 1.62. The fourth-order valence-electron chi connectivity index (χ4n) is 0.832. The standard InChI is InChI=1S/C7H18N4O2S/c1-3-5-10-14(12,13)11-6(4-2)7(8)9/h6,10-11H,3-5H2,1-2H3,(H3,8,9). The summed E-state index contributed by atoms with van der Waals surface area (Å²) in [5.74, 6) is -0.172. The van der Waals surface area contributed by atoms with Crippen LogP contribution in [0.25, 0.3) is 0 Å². The first kappa shape index (κ1) is 13.3. The lowest BCUT2D eigenvalue weighted by atomic mass is 10.2. The molecular weight excluding hydrogens is 204 g/mol. The Morgan fingerprint density at radius 3 is 2.43 bits per heavy atom. The van der Waals surface area contributed by atoms with Crippen molar-refractivity contribution in [3.05, 3.63) is 0 Å². The Balaban J connectivity index is 4.26. The molecule has 0 aromatic rings. The monoisotopic (exact) mass is 222 g/mol. The molecule has 0 amide bonds. The lowest BCUT2D eigenvalue weighted by Crippen LogP contribution is -2.48. The highest BCUT2D eigenvalue weighted by Crippen LogP contribution is 1.92. The first-order chi connectivity index (χ1) is 6.43. The van der Waals surface area contributed by atoms with E-state index >= 15 is 0 Å². The first-order valence-electron chi connectivity index (χ1n) is 4.53. The summed E-state index contributed by atoms with van der Waals surface area (Å²) in [6.45, 7) is 4.00. The van der Waals surface area contributed by atoms with Crippen LogP contribution in [0.1, 0.15) is 26.7 Å². The molecule has 14 heavy (non-hydrogen) atoms. The van der Waals surface area contributed by atoms with E-state index < -0.39 is 16.3 Å². The van der Waals surface area contributed by atoms with E-state index in [2.05, 4.69) is 9.44 Å². The lowest BCUT2D eigenvalue weighted by molar-refractivity contribution is 0.556. The van der Waals surface area contributed by atoms with Crippen LogP contribution >= 0.6 is 0 Å². The minimum atomic E-state index is -3.52. The van der Waals surface area contributed by atoms with Gasteiger partial charge in [0.15, 0.2) is 0 Å². The van der Waals surface area contributed by atoms with Crippen LogP contribution < -0.4 is 15.2 Å². The molecule has 0 aromatic heterocycles. The molecule has 7 heteroatoms. The largest absolute Gasteiger partial charge is 0.386 e. The van der Waals surface area contributed by atoms with Crippen LogP contribution in [0.5, 0.6) is 0 Å². The lowest BCUT2D eigenvalue weighted by Gasteiger charge is -2.15. The number of nitrogens with two attached hydrogens (primary N) is 1. The van der Waals surface area contributed by atoms with E-state index in [1.165, 1.54) is 0 Å². The van der Waals surface area contributed by atoms with Gasteiger partial charge < -0.3 is 5.73 Å². The molecule has 0 heterocycles. The third kappa shape index (κ3) is 5.15. The SMILES string of the molecule is CCCNS(=O)(=O)NC(CC)C(=N)N. The van der Waals surface area contributed by atoms with E-state index in [9.17, 15) is 8.42 Å². The topological polar surface area (TPSA) is 108 Å². The molecule has 0 aromatic carbocycles. The Hall–Kier alpha value is -0.660. The highest BCUT2D eigenvalue weighted by molar-refractivity contribution is 7.87. The molecule has 6 nitrogen and oxygen atoms in total. The van der Waals surface area contributed by atoms with Crippen molar-refractivity contribution in [3.8, 4) is 0 Å². The number of rotatable bonds is 7. The van der Waals surface area contributed by atoms with Gasteiger partial charge in [0.1, 0.15) is 5.84 Å². The van der Waals surface area contributed by atoms with Gasteiger partial charge in [-0.05, 0) is 12.8 Å². The molecule has 0 fully saturated rings. The van der Waals surface area contributed by atoms with Crippen LogP contribution in [0.2, 0.25) is 0 Å². The zero-order valence-corrected chi connectivity index (χ0v) is 9.32. The maximum atomic E-state index is 11.3. The van der Waals surface area contributed by atoms with Crippen molar-refractivity contribution in [2.45, 2.75) is 32.7 Å². The van der Waals surface area contributed by atoms with Crippen molar-refractivity contribution in [2.75, 3.05) is 6.54 Å². The predicted octanol–water partition coefficient (Wildman–Crippen LogP) is -0.465. The molecule has 0 rings (SSSR count). The highest BCUT2D eigenvalue weighted by atomic mass is 32.2. The summed E-state index contributed by atoms with van der Waals surface area (Å²) in [6.07, 6.45) is 1.18. The second-order valence-corrected chi connectivity index (χ2v) is 4.46. The quantitative estimate of drug-likeness (QED) is 0.345. The first-order valence-corrected chi connectivity index (χ1v) is 6.02. The summed E-state index contributed by atoms with van der Waals surface area (Å²) in [5, 5.41) is 7.13. The van der Waals surface area contributed by atoms with Crippen molar-refractivity contribution in [2.24, 2.45) is 5.73 Å². The van der Waals surface area contributed by atoms with E-state index in [1.54, 1.807) is 6.92 Å². The van der Waals surface area contributed by atoms with Gasteiger partial charge in [0.05, 0.1) is 6.04 Å². The summed E-state index contributed by atoms with van der Waals surface area (Å²) < 4.78 is 27.2. The Kier molecular flexibility index (Phi) is 5.66. The number of hydrogen-bond donors (Lipinski definition) is 4. The van der Waals surface area contributed by atoms with Gasteiger partial charge in [0.25, 0.3) is 10.2 Å². The van der Waals surface area contributed by atoms with E-state index in [4.69, 9.17) is 11.1 Å². The van der Waals surface area contributed by atoms with Gasteiger partial charge in [-0.2, -0.15) is 13.1 Å². The molecule has 0 aliphatic heterocycles. The Bertz CT molecular complexity index is 275. The van der Waals surface area contributed by atoms with Crippen molar-refractivity contribution < 1.29 is 8.42 Å². The fraction of sp³-hybridized carbons (Fsp3) is 0.857. The molecule has 0 saturated heterocycles. The maximum Gasteiger partial charge on any atom is 0.277 e. The average molecular weight is 222 g/mol. The van der Waals surface area contributed by atoms with Gasteiger partial charge in [-0.15, -0.1) is 0 Å². The summed E-state index contributed by atoms with van der Waals surface area (Å²) >= 11 is 0. The summed E-state index contributed by atoms with van der Waals surface area (Å²) in [5.41, 5.74) is 5.21. The van der Waals surface area contributed by atoms with Gasteiger partial charge in [-0.3, -0.25) is 5.41 Å². The van der Waals surface area contributed by atoms with Gasteiger partial charge in [-0.1, -0.05) is 13.8 Å². The van der Waals surface area contributed by atoms with Gasteiger partial charge >= 0.3 is 0 Å². The van der Waals surface area contributed by atoms with Crippen molar-refractivity contribution in [3.63, 3.8) is 0 Å². The summed E-state index contributed by atoms with van der Waals surface area (Å²) in [4.78, 5) is 0. The van der Waals surface area contributed by atoms with E-state index in [0.29, 0.717) is 13.0 Å². The molecule has 0 spiro atoms. The number of hydrogen-bond acceptors (Lipinski definition) is 3. The van der Waals surface area contributed by atoms with Gasteiger partial charge in [0, 0.05) is 6.54 Å². The molecule has 1 atom stereocenters. The molecule has 1 unspecified atom stereocenters. The number of nitrogens with one attached hydrogen (secondary N) is 3. The maximum absolute atomic E-state index is 11.3. The van der Waals surface area contributed by atoms with Crippen LogP contribution in [0.3, 0.4) is 0 Å². The van der Waals surface area contributed by atoms with Crippen molar-refractivity contribution >= 4 is 16.0 Å². The predicted molar refractivity (Wildman–Crippen MR) is 56.3 cm³/mol. The Morgan fingerprint density at radius 1 is 1.50 bits per heavy atom. The third-order valence-corrected chi connectivity index (χ3v) is 2.80. The van der Waals surface area contributed by atoms with Crippen LogP contribution in [-0.2, 0) is 10.2 Å². The minimum Gasteiger partial charge on any atom is -0.386 e. The molecule has 0 radical (unpaired) electrons. The smallest absolute Gasteiger partial charge is 0.277 e. The second-order valence-electron chi connectivity index (χ2n) is 2.93. The molecule has 0 bridgehead atoms. The highest BCUT2D eigenvalue weighted by Gasteiger charge is 2.17. The van der Waals surface area contributed by atoms with Crippen LogP contribution in [-0.4, -0.2) is 26.8 Å². The summed E-state index contributed by atoms with van der Waals surface area (Å²) in [6, 6.07) is -0.621. The minimum absolute atomic E-state index is 0.172. The zero-order valence-electron chi connectivity index (χ0n) is 8.50. The van der Waals surface area contributed by atoms with Crippen molar-refractivity contribution in [1.82, 2.24) is 9.44 Å². The van der Waals surface area contributed by atoms with E-state index in [0.717, 1.165) is 6.42 Å².